The lowest BCUT2D eigenvalue weighted by Crippen LogP contribution is -2.16. The molecule has 1 heterocycles. The van der Waals surface area contributed by atoms with Gasteiger partial charge in [-0.25, -0.2) is 18.7 Å². The molecule has 0 unspecified atom stereocenters. The molecular formula is C15H8ClF2N3O. The summed E-state index contributed by atoms with van der Waals surface area (Å²) in [6.45, 7) is 0. The molecule has 0 aliphatic heterocycles. The summed E-state index contributed by atoms with van der Waals surface area (Å²) < 4.78 is 26.4. The highest BCUT2D eigenvalue weighted by molar-refractivity contribution is 6.33. The van der Waals surface area contributed by atoms with Crippen molar-refractivity contribution in [2.24, 2.45) is 0 Å². The van der Waals surface area contributed by atoms with E-state index < -0.39 is 17.5 Å². The lowest BCUT2D eigenvalue weighted by Gasteiger charge is -2.07. The molecule has 4 nitrogen and oxygen atoms in total. The van der Waals surface area contributed by atoms with Crippen LogP contribution >= 0.6 is 11.6 Å². The summed E-state index contributed by atoms with van der Waals surface area (Å²) in [4.78, 5) is 20.3. The first kappa shape index (κ1) is 14.3. The number of nitrogens with one attached hydrogen (secondary N) is 1. The fraction of sp³-hybridized carbons (Fsp3) is 0. The minimum absolute atomic E-state index is 0.0984. The monoisotopic (exact) mass is 319 g/mol. The van der Waals surface area contributed by atoms with Gasteiger partial charge in [0.1, 0.15) is 11.6 Å². The van der Waals surface area contributed by atoms with Crippen LogP contribution in [0.3, 0.4) is 0 Å². The Bertz CT molecular complexity index is 886. The van der Waals surface area contributed by atoms with Crippen LogP contribution in [0.2, 0.25) is 5.15 Å². The topological polar surface area (TPSA) is 54.9 Å². The zero-order valence-electron chi connectivity index (χ0n) is 11.0. The molecule has 0 saturated heterocycles. The number of nitrogens with zero attached hydrogens (tertiary/aromatic N) is 2. The zero-order valence-corrected chi connectivity index (χ0v) is 11.7. The van der Waals surface area contributed by atoms with Crippen molar-refractivity contribution in [3.05, 3.63) is 64.9 Å². The van der Waals surface area contributed by atoms with Crippen LogP contribution in [0.1, 0.15) is 10.5 Å². The molecule has 0 aliphatic carbocycles. The lowest BCUT2D eigenvalue weighted by atomic mass is 10.2. The Hall–Kier alpha value is -2.60. The van der Waals surface area contributed by atoms with Gasteiger partial charge in [-0.3, -0.25) is 4.79 Å². The van der Waals surface area contributed by atoms with Gasteiger partial charge in [0.15, 0.2) is 10.8 Å². The van der Waals surface area contributed by atoms with E-state index in [1.165, 1.54) is 0 Å². The predicted octanol–water partition coefficient (Wildman–Crippen LogP) is 3.81. The number of amides is 1. The van der Waals surface area contributed by atoms with Crippen molar-refractivity contribution in [3.8, 4) is 0 Å². The van der Waals surface area contributed by atoms with Gasteiger partial charge in [-0.1, -0.05) is 23.7 Å². The molecule has 1 amide bonds. The Labute approximate surface area is 128 Å². The average Bonchev–Trinajstić information content (AvgIpc) is 2.49. The number of benzene rings is 2. The summed E-state index contributed by atoms with van der Waals surface area (Å²) in [6.07, 6.45) is 0. The number of hydrogen-bond donors (Lipinski definition) is 1. The van der Waals surface area contributed by atoms with E-state index >= 15 is 0 Å². The molecule has 1 aromatic heterocycles. The molecule has 7 heteroatoms. The third-order valence-electron chi connectivity index (χ3n) is 2.92. The van der Waals surface area contributed by atoms with Crippen molar-refractivity contribution in [1.82, 2.24) is 9.97 Å². The van der Waals surface area contributed by atoms with Crippen LogP contribution < -0.4 is 5.32 Å². The van der Waals surface area contributed by atoms with Gasteiger partial charge in [0.2, 0.25) is 0 Å². The van der Waals surface area contributed by atoms with Crippen LogP contribution in [0.25, 0.3) is 11.0 Å². The van der Waals surface area contributed by atoms with E-state index in [-0.39, 0.29) is 16.5 Å². The summed E-state index contributed by atoms with van der Waals surface area (Å²) in [6, 6.07) is 9.71. The maximum absolute atomic E-state index is 13.6. The Balaban J connectivity index is 1.96. The molecule has 0 radical (unpaired) electrons. The first-order valence-corrected chi connectivity index (χ1v) is 6.61. The van der Waals surface area contributed by atoms with E-state index in [4.69, 9.17) is 11.6 Å². The molecule has 1 N–H and O–H groups in total. The molecular weight excluding hydrogens is 312 g/mol. The molecule has 22 heavy (non-hydrogen) atoms. The van der Waals surface area contributed by atoms with Crippen LogP contribution in [0.15, 0.2) is 42.5 Å². The van der Waals surface area contributed by atoms with Crippen LogP contribution in [0, 0.1) is 11.6 Å². The minimum Gasteiger partial charge on any atom is -0.318 e. The third kappa shape index (κ3) is 2.73. The number of hydrogen-bond acceptors (Lipinski definition) is 3. The van der Waals surface area contributed by atoms with Crippen molar-refractivity contribution in [2.75, 3.05) is 5.32 Å². The summed E-state index contributed by atoms with van der Waals surface area (Å²) in [5, 5.41) is 2.19. The van der Waals surface area contributed by atoms with Gasteiger partial charge in [-0.05, 0) is 24.3 Å². The van der Waals surface area contributed by atoms with Gasteiger partial charge < -0.3 is 5.32 Å². The van der Waals surface area contributed by atoms with Gasteiger partial charge in [0.05, 0.1) is 16.7 Å². The second kappa shape index (κ2) is 5.65. The summed E-state index contributed by atoms with van der Waals surface area (Å²) in [7, 11) is 0. The first-order chi connectivity index (χ1) is 10.5. The second-order valence-electron chi connectivity index (χ2n) is 4.43. The highest BCUT2D eigenvalue weighted by Gasteiger charge is 2.17. The Morgan fingerprint density at radius 3 is 2.41 bits per heavy atom. The van der Waals surface area contributed by atoms with E-state index in [1.807, 2.05) is 0 Å². The molecule has 2 aromatic carbocycles. The van der Waals surface area contributed by atoms with Crippen molar-refractivity contribution in [1.29, 1.82) is 0 Å². The SMILES string of the molecule is O=C(Nc1ccc(F)cc1F)c1nc2ccccc2nc1Cl. The van der Waals surface area contributed by atoms with Crippen molar-refractivity contribution in [3.63, 3.8) is 0 Å². The van der Waals surface area contributed by atoms with Crippen LogP contribution in [0.5, 0.6) is 0 Å². The van der Waals surface area contributed by atoms with Gasteiger partial charge in [0.25, 0.3) is 5.91 Å². The van der Waals surface area contributed by atoms with Gasteiger partial charge in [-0.15, -0.1) is 0 Å². The van der Waals surface area contributed by atoms with Gasteiger partial charge in [-0.2, -0.15) is 0 Å². The number of halogens is 3. The highest BCUT2D eigenvalue weighted by Crippen LogP contribution is 2.20. The van der Waals surface area contributed by atoms with Gasteiger partial charge in [0, 0.05) is 6.07 Å². The average molecular weight is 320 g/mol. The van der Waals surface area contributed by atoms with E-state index in [9.17, 15) is 13.6 Å². The lowest BCUT2D eigenvalue weighted by molar-refractivity contribution is 0.102. The maximum atomic E-state index is 13.6. The normalized spacial score (nSPS) is 10.7. The highest BCUT2D eigenvalue weighted by atomic mass is 35.5. The van der Waals surface area contributed by atoms with Crippen LogP contribution in [-0.4, -0.2) is 15.9 Å². The van der Waals surface area contributed by atoms with E-state index in [0.29, 0.717) is 17.1 Å². The molecule has 0 saturated carbocycles. The zero-order chi connectivity index (χ0) is 15.7. The molecule has 3 rings (SSSR count). The number of fused-ring (bicyclic) bond motifs is 1. The molecule has 0 spiro atoms. The van der Waals surface area contributed by atoms with Crippen molar-refractivity contribution in [2.45, 2.75) is 0 Å². The molecule has 110 valence electrons. The molecule has 0 aliphatic rings. The van der Waals surface area contributed by atoms with Gasteiger partial charge >= 0.3 is 0 Å². The second-order valence-corrected chi connectivity index (χ2v) is 4.79. The Morgan fingerprint density at radius 1 is 1.05 bits per heavy atom. The number of rotatable bonds is 2. The van der Waals surface area contributed by atoms with Crippen molar-refractivity contribution >= 4 is 34.2 Å². The number of aromatic nitrogens is 2. The summed E-state index contributed by atoms with van der Waals surface area (Å²) in [5.41, 5.74) is 0.718. The van der Waals surface area contributed by atoms with E-state index in [1.54, 1.807) is 24.3 Å². The maximum Gasteiger partial charge on any atom is 0.277 e. The Kier molecular flexibility index (Phi) is 3.68. The van der Waals surface area contributed by atoms with E-state index in [2.05, 4.69) is 15.3 Å². The largest absolute Gasteiger partial charge is 0.318 e. The van der Waals surface area contributed by atoms with Crippen molar-refractivity contribution < 1.29 is 13.6 Å². The van der Waals surface area contributed by atoms with E-state index in [0.717, 1.165) is 12.1 Å². The van der Waals surface area contributed by atoms with Crippen LogP contribution in [-0.2, 0) is 0 Å². The smallest absolute Gasteiger partial charge is 0.277 e. The number of anilines is 1. The molecule has 0 atom stereocenters. The molecule has 3 aromatic rings. The standard InChI is InChI=1S/C15H8ClF2N3O/c16-14-13(19-11-3-1-2-4-12(11)20-14)15(22)21-10-6-5-8(17)7-9(10)18/h1-7H,(H,21,22). The summed E-state index contributed by atoms with van der Waals surface area (Å²) in [5.74, 6) is -2.36. The number of para-hydroxylation sites is 2. The quantitative estimate of drug-likeness (QED) is 0.781. The summed E-state index contributed by atoms with van der Waals surface area (Å²) >= 11 is 5.94. The Morgan fingerprint density at radius 2 is 1.73 bits per heavy atom. The minimum atomic E-state index is -0.891. The molecule has 0 bridgehead atoms. The fourth-order valence-electron chi connectivity index (χ4n) is 1.90. The van der Waals surface area contributed by atoms with Crippen LogP contribution in [0.4, 0.5) is 14.5 Å². The predicted molar refractivity (Wildman–Crippen MR) is 78.9 cm³/mol. The molecule has 0 fully saturated rings. The number of carbonyl (C=O) groups excluding carboxylic acids is 1. The fourth-order valence-corrected chi connectivity index (χ4v) is 2.11. The third-order valence-corrected chi connectivity index (χ3v) is 3.19. The first-order valence-electron chi connectivity index (χ1n) is 6.23. The number of carbonyl (C=O) groups is 1.